The van der Waals surface area contributed by atoms with Crippen LogP contribution in [0.3, 0.4) is 0 Å². The average molecular weight is 326 g/mol. The van der Waals surface area contributed by atoms with Crippen LogP contribution in [0, 0.1) is 0 Å². The van der Waals surface area contributed by atoms with Gasteiger partial charge < -0.3 is 9.62 Å². The Morgan fingerprint density at radius 1 is 1.22 bits per heavy atom. The van der Waals surface area contributed by atoms with Crippen LogP contribution >= 0.6 is 11.9 Å². The lowest BCUT2D eigenvalue weighted by molar-refractivity contribution is -0.116. The van der Waals surface area contributed by atoms with Crippen molar-refractivity contribution >= 4 is 29.2 Å². The molecule has 0 atom stereocenters. The second kappa shape index (κ2) is 7.09. The molecule has 0 aromatic heterocycles. The highest BCUT2D eigenvalue weighted by molar-refractivity contribution is 8.00. The van der Waals surface area contributed by atoms with Crippen LogP contribution in [0.1, 0.15) is 31.4 Å². The number of aryl methyl sites for hydroxylation is 1. The molecule has 1 heterocycles. The quantitative estimate of drug-likeness (QED) is 0.811. The van der Waals surface area contributed by atoms with Crippen LogP contribution in [0.15, 0.2) is 47.4 Å². The molecule has 120 valence electrons. The van der Waals surface area contributed by atoms with Crippen molar-refractivity contribution < 1.29 is 4.79 Å². The Balaban J connectivity index is 1.64. The van der Waals surface area contributed by atoms with Crippen LogP contribution in [0.4, 0.5) is 11.4 Å². The van der Waals surface area contributed by atoms with E-state index in [-0.39, 0.29) is 5.91 Å². The Morgan fingerprint density at radius 3 is 2.70 bits per heavy atom. The van der Waals surface area contributed by atoms with Gasteiger partial charge in [0.05, 0.1) is 0 Å². The molecule has 2 aromatic rings. The monoisotopic (exact) mass is 326 g/mol. The molecule has 0 unspecified atom stereocenters. The van der Waals surface area contributed by atoms with Crippen LogP contribution in [-0.2, 0) is 17.6 Å². The number of anilines is 2. The van der Waals surface area contributed by atoms with E-state index in [1.54, 1.807) is 18.9 Å². The van der Waals surface area contributed by atoms with E-state index in [4.69, 9.17) is 0 Å². The summed E-state index contributed by atoms with van der Waals surface area (Å²) < 4.78 is 3.40. The minimum atomic E-state index is 0.117. The molecule has 0 radical (unpaired) electrons. The minimum absolute atomic E-state index is 0.117. The summed E-state index contributed by atoms with van der Waals surface area (Å²) in [6.45, 7) is 4.62. The summed E-state index contributed by atoms with van der Waals surface area (Å²) in [5.74, 6) is 0.117. The molecule has 0 saturated heterocycles. The summed E-state index contributed by atoms with van der Waals surface area (Å²) >= 11 is 1.62. The molecule has 2 aromatic carbocycles. The van der Waals surface area contributed by atoms with Gasteiger partial charge in [0.2, 0.25) is 5.91 Å². The third kappa shape index (κ3) is 3.70. The fraction of sp³-hybridized carbons (Fsp3) is 0.316. The Labute approximate surface area is 142 Å². The number of rotatable bonds is 5. The molecule has 0 saturated carbocycles. The Bertz CT molecular complexity index is 697. The fourth-order valence-corrected chi connectivity index (χ4v) is 3.56. The molecule has 1 amide bonds. The van der Waals surface area contributed by atoms with Crippen LogP contribution in [0.2, 0.25) is 0 Å². The van der Waals surface area contributed by atoms with E-state index in [9.17, 15) is 4.79 Å². The lowest BCUT2D eigenvalue weighted by atomic mass is 10.1. The van der Waals surface area contributed by atoms with E-state index in [2.05, 4.69) is 42.0 Å². The van der Waals surface area contributed by atoms with Crippen LogP contribution in [0.25, 0.3) is 0 Å². The summed E-state index contributed by atoms with van der Waals surface area (Å²) in [5.41, 5.74) is 4.76. The van der Waals surface area contributed by atoms with Crippen LogP contribution in [0.5, 0.6) is 0 Å². The first kappa shape index (κ1) is 15.9. The predicted molar refractivity (Wildman–Crippen MR) is 98.1 cm³/mol. The van der Waals surface area contributed by atoms with E-state index < -0.39 is 0 Å². The van der Waals surface area contributed by atoms with E-state index >= 15 is 0 Å². The van der Waals surface area contributed by atoms with Gasteiger partial charge >= 0.3 is 0 Å². The Hall–Kier alpha value is -1.94. The smallest absolute Gasteiger partial charge is 0.223 e. The van der Waals surface area contributed by atoms with Gasteiger partial charge in [-0.05, 0) is 66.2 Å². The van der Waals surface area contributed by atoms with Crippen molar-refractivity contribution in [1.82, 2.24) is 0 Å². The second-order valence-corrected chi connectivity index (χ2v) is 6.74. The highest BCUT2D eigenvalue weighted by Crippen LogP contribution is 2.32. The summed E-state index contributed by atoms with van der Waals surface area (Å²) in [6.07, 6.45) is 3.24. The largest absolute Gasteiger partial charge is 0.326 e. The van der Waals surface area contributed by atoms with Gasteiger partial charge in [-0.15, -0.1) is 0 Å². The molecule has 4 heteroatoms. The minimum Gasteiger partial charge on any atom is -0.326 e. The molecule has 1 aliphatic rings. The molecule has 1 aliphatic heterocycles. The third-order valence-electron chi connectivity index (χ3n) is 4.10. The SMILES string of the molecule is CCCc1ccc(SNc2ccc3c(c2)CCN3C(C)=O)cc1. The molecular weight excluding hydrogens is 304 g/mol. The summed E-state index contributed by atoms with van der Waals surface area (Å²) in [4.78, 5) is 14.6. The number of hydrogen-bond acceptors (Lipinski definition) is 3. The van der Waals surface area contributed by atoms with Gasteiger partial charge in [-0.1, -0.05) is 25.5 Å². The van der Waals surface area contributed by atoms with Gasteiger partial charge in [0.1, 0.15) is 0 Å². The molecule has 3 nitrogen and oxygen atoms in total. The molecule has 23 heavy (non-hydrogen) atoms. The molecule has 0 spiro atoms. The highest BCUT2D eigenvalue weighted by Gasteiger charge is 2.21. The Morgan fingerprint density at radius 2 is 2.00 bits per heavy atom. The van der Waals surface area contributed by atoms with Crippen molar-refractivity contribution in [3.8, 4) is 0 Å². The summed E-state index contributed by atoms with van der Waals surface area (Å²) in [7, 11) is 0. The van der Waals surface area contributed by atoms with E-state index in [0.29, 0.717) is 0 Å². The normalized spacial score (nSPS) is 13.0. The van der Waals surface area contributed by atoms with Crippen molar-refractivity contribution in [2.45, 2.75) is 38.0 Å². The number of benzene rings is 2. The second-order valence-electron chi connectivity index (χ2n) is 5.86. The topological polar surface area (TPSA) is 32.3 Å². The predicted octanol–water partition coefficient (Wildman–Crippen LogP) is 4.67. The number of carbonyl (C=O) groups is 1. The third-order valence-corrected chi connectivity index (χ3v) is 4.95. The van der Waals surface area contributed by atoms with Gasteiger partial charge in [0.25, 0.3) is 0 Å². The standard InChI is InChI=1S/C19H22N2OS/c1-3-4-15-5-8-18(9-6-15)23-20-17-7-10-19-16(13-17)11-12-21(19)14(2)22/h5-10,13,20H,3-4,11-12H2,1-2H3. The van der Waals surface area contributed by atoms with E-state index in [0.717, 1.165) is 30.8 Å². The first-order chi connectivity index (χ1) is 11.2. The zero-order chi connectivity index (χ0) is 16.2. The summed E-state index contributed by atoms with van der Waals surface area (Å²) in [5, 5.41) is 0. The van der Waals surface area contributed by atoms with Crippen LogP contribution in [-0.4, -0.2) is 12.5 Å². The van der Waals surface area contributed by atoms with Gasteiger partial charge in [0.15, 0.2) is 0 Å². The fourth-order valence-electron chi connectivity index (χ4n) is 2.92. The number of amides is 1. The molecule has 0 fully saturated rings. The first-order valence-electron chi connectivity index (χ1n) is 8.10. The van der Waals surface area contributed by atoms with Crippen molar-refractivity contribution in [2.24, 2.45) is 0 Å². The lowest BCUT2D eigenvalue weighted by Gasteiger charge is -2.15. The van der Waals surface area contributed by atoms with Crippen molar-refractivity contribution in [3.63, 3.8) is 0 Å². The Kier molecular flexibility index (Phi) is 4.91. The van der Waals surface area contributed by atoms with E-state index in [1.807, 2.05) is 17.0 Å². The van der Waals surface area contributed by atoms with Crippen molar-refractivity contribution in [1.29, 1.82) is 0 Å². The van der Waals surface area contributed by atoms with Crippen molar-refractivity contribution in [3.05, 3.63) is 53.6 Å². The maximum absolute atomic E-state index is 11.6. The first-order valence-corrected chi connectivity index (χ1v) is 8.92. The lowest BCUT2D eigenvalue weighted by Crippen LogP contribution is -2.25. The number of fused-ring (bicyclic) bond motifs is 1. The number of hydrogen-bond donors (Lipinski definition) is 1. The molecule has 1 N–H and O–H groups in total. The highest BCUT2D eigenvalue weighted by atomic mass is 32.2. The molecule has 0 aliphatic carbocycles. The van der Waals surface area contributed by atoms with Gasteiger partial charge in [-0.3, -0.25) is 4.79 Å². The number of nitrogens with one attached hydrogen (secondary N) is 1. The number of nitrogens with zero attached hydrogens (tertiary/aromatic N) is 1. The van der Waals surface area contributed by atoms with Gasteiger partial charge in [-0.25, -0.2) is 0 Å². The zero-order valence-electron chi connectivity index (χ0n) is 13.6. The van der Waals surface area contributed by atoms with Crippen molar-refractivity contribution in [2.75, 3.05) is 16.2 Å². The molecular formula is C19H22N2OS. The summed E-state index contributed by atoms with van der Waals surface area (Å²) in [6, 6.07) is 14.9. The average Bonchev–Trinajstić information content (AvgIpc) is 2.98. The number of carbonyl (C=O) groups excluding carboxylic acids is 1. The van der Waals surface area contributed by atoms with Gasteiger partial charge in [-0.2, -0.15) is 0 Å². The molecule has 0 bridgehead atoms. The van der Waals surface area contributed by atoms with E-state index in [1.165, 1.54) is 22.4 Å². The van der Waals surface area contributed by atoms with Crippen LogP contribution < -0.4 is 9.62 Å². The van der Waals surface area contributed by atoms with Gasteiger partial charge in [0, 0.05) is 29.7 Å². The zero-order valence-corrected chi connectivity index (χ0v) is 14.5. The maximum Gasteiger partial charge on any atom is 0.223 e. The molecule has 3 rings (SSSR count). The maximum atomic E-state index is 11.6.